The molecule has 0 atom stereocenters. The van der Waals surface area contributed by atoms with Gasteiger partial charge in [-0.1, -0.05) is 61.0 Å². The van der Waals surface area contributed by atoms with Crippen LogP contribution in [0.5, 0.6) is 0 Å². The predicted octanol–water partition coefficient (Wildman–Crippen LogP) is 4.20. The van der Waals surface area contributed by atoms with Gasteiger partial charge in [0.1, 0.15) is 0 Å². The van der Waals surface area contributed by atoms with E-state index in [9.17, 15) is 4.79 Å². The molecule has 1 N–H and O–H groups in total. The van der Waals surface area contributed by atoms with Crippen LogP contribution < -0.4 is 5.43 Å². The third-order valence-corrected chi connectivity index (χ3v) is 3.24. The van der Waals surface area contributed by atoms with Gasteiger partial charge in [-0.15, -0.1) is 0 Å². The fourth-order valence-electron chi connectivity index (χ4n) is 1.88. The van der Waals surface area contributed by atoms with Crippen LogP contribution in [0.25, 0.3) is 6.08 Å². The van der Waals surface area contributed by atoms with Crippen LogP contribution >= 0.6 is 0 Å². The average Bonchev–Trinajstić information content (AvgIpc) is 2.57. The summed E-state index contributed by atoms with van der Waals surface area (Å²) >= 11 is 0. The zero-order valence-corrected chi connectivity index (χ0v) is 12.9. The molecule has 0 aliphatic carbocycles. The van der Waals surface area contributed by atoms with Gasteiger partial charge in [-0.25, -0.2) is 5.43 Å². The van der Waals surface area contributed by atoms with E-state index >= 15 is 0 Å². The second-order valence-electron chi connectivity index (χ2n) is 5.01. The lowest BCUT2D eigenvalue weighted by Crippen LogP contribution is -2.18. The largest absolute Gasteiger partial charge is 0.271 e. The van der Waals surface area contributed by atoms with Crippen molar-refractivity contribution in [1.29, 1.82) is 0 Å². The molecule has 2 aromatic carbocycles. The first kappa shape index (κ1) is 15.7. The lowest BCUT2D eigenvalue weighted by atomic mass is 10.1. The zero-order valence-electron chi connectivity index (χ0n) is 12.9. The highest BCUT2D eigenvalue weighted by Crippen LogP contribution is 2.05. The molecule has 0 bridgehead atoms. The third-order valence-electron chi connectivity index (χ3n) is 3.24. The van der Waals surface area contributed by atoms with Crippen LogP contribution in [0.3, 0.4) is 0 Å². The van der Waals surface area contributed by atoms with Gasteiger partial charge in [0.15, 0.2) is 0 Å². The molecule has 0 radical (unpaired) electrons. The average molecular weight is 292 g/mol. The van der Waals surface area contributed by atoms with E-state index in [0.717, 1.165) is 17.7 Å². The molecular formula is C19H20N2O. The van der Waals surface area contributed by atoms with Gasteiger partial charge in [-0.05, 0) is 37.1 Å². The fourth-order valence-corrected chi connectivity index (χ4v) is 1.88. The van der Waals surface area contributed by atoms with Crippen LogP contribution in [0.15, 0.2) is 65.8 Å². The molecule has 0 heterocycles. The Hall–Kier alpha value is -2.68. The van der Waals surface area contributed by atoms with Gasteiger partial charge in [0, 0.05) is 5.56 Å². The first-order valence-electron chi connectivity index (χ1n) is 7.35. The summed E-state index contributed by atoms with van der Waals surface area (Å²) in [5, 5.41) is 4.18. The first-order chi connectivity index (χ1) is 10.7. The topological polar surface area (TPSA) is 41.5 Å². The number of benzene rings is 2. The minimum absolute atomic E-state index is 0.199. The lowest BCUT2D eigenvalue weighted by Gasteiger charge is -2.01. The Labute approximate surface area is 131 Å². The maximum Gasteiger partial charge on any atom is 0.271 e. The Bertz CT molecular complexity index is 670. The first-order valence-corrected chi connectivity index (χ1v) is 7.35. The van der Waals surface area contributed by atoms with Gasteiger partial charge in [-0.2, -0.15) is 5.10 Å². The van der Waals surface area contributed by atoms with E-state index in [1.54, 1.807) is 12.1 Å². The molecule has 3 nitrogen and oxygen atoms in total. The number of hydrazone groups is 1. The molecule has 0 spiro atoms. The Balaban J connectivity index is 2.01. The number of nitrogens with one attached hydrogen (secondary N) is 1. The van der Waals surface area contributed by atoms with Gasteiger partial charge in [-0.3, -0.25) is 4.79 Å². The van der Waals surface area contributed by atoms with E-state index in [2.05, 4.69) is 41.7 Å². The summed E-state index contributed by atoms with van der Waals surface area (Å²) in [7, 11) is 0. The minimum atomic E-state index is -0.199. The summed E-state index contributed by atoms with van der Waals surface area (Å²) in [4.78, 5) is 11.9. The van der Waals surface area contributed by atoms with Gasteiger partial charge < -0.3 is 0 Å². The van der Waals surface area contributed by atoms with Crippen LogP contribution in [-0.2, 0) is 0 Å². The van der Waals surface area contributed by atoms with Crippen LogP contribution in [-0.4, -0.2) is 11.6 Å². The van der Waals surface area contributed by atoms with E-state index in [0.29, 0.717) is 5.56 Å². The molecule has 0 aliphatic rings. The highest BCUT2D eigenvalue weighted by molar-refractivity contribution is 6.00. The van der Waals surface area contributed by atoms with Crippen molar-refractivity contribution < 1.29 is 4.79 Å². The van der Waals surface area contributed by atoms with E-state index < -0.39 is 0 Å². The number of amides is 1. The van der Waals surface area contributed by atoms with Crippen molar-refractivity contribution in [3.05, 3.63) is 77.4 Å². The number of hydrogen-bond donors (Lipinski definition) is 1. The second kappa shape index (κ2) is 7.93. The number of allylic oxidation sites excluding steroid dienone is 1. The third kappa shape index (κ3) is 4.70. The van der Waals surface area contributed by atoms with Gasteiger partial charge in [0.2, 0.25) is 0 Å². The highest BCUT2D eigenvalue weighted by atomic mass is 16.2. The number of aryl methyl sites for hydroxylation is 1. The monoisotopic (exact) mass is 292 g/mol. The highest BCUT2D eigenvalue weighted by Gasteiger charge is 2.02. The molecule has 0 unspecified atom stereocenters. The van der Waals surface area contributed by atoms with E-state index in [1.807, 2.05) is 37.3 Å². The fraction of sp³-hybridized carbons (Fsp3) is 0.158. The molecule has 0 aliphatic heterocycles. The van der Waals surface area contributed by atoms with E-state index in [-0.39, 0.29) is 5.91 Å². The van der Waals surface area contributed by atoms with Gasteiger partial charge >= 0.3 is 0 Å². The summed E-state index contributed by atoms with van der Waals surface area (Å²) in [6.45, 7) is 4.07. The predicted molar refractivity (Wildman–Crippen MR) is 91.8 cm³/mol. The molecule has 2 aromatic rings. The maximum atomic E-state index is 11.9. The van der Waals surface area contributed by atoms with Gasteiger partial charge in [0.25, 0.3) is 5.91 Å². The summed E-state index contributed by atoms with van der Waals surface area (Å²) in [5.41, 5.74) is 6.36. The normalized spacial score (nSPS) is 11.6. The molecule has 112 valence electrons. The van der Waals surface area contributed by atoms with Crippen molar-refractivity contribution in [3.8, 4) is 0 Å². The van der Waals surface area contributed by atoms with Crippen molar-refractivity contribution >= 4 is 17.7 Å². The molecule has 0 fully saturated rings. The summed E-state index contributed by atoms with van der Waals surface area (Å²) in [6, 6.07) is 17.3. The maximum absolute atomic E-state index is 11.9. The molecule has 3 heteroatoms. The summed E-state index contributed by atoms with van der Waals surface area (Å²) in [5.74, 6) is -0.199. The Morgan fingerprint density at radius 1 is 1.09 bits per heavy atom. The van der Waals surface area contributed by atoms with Crippen molar-refractivity contribution in [1.82, 2.24) is 5.43 Å². The lowest BCUT2D eigenvalue weighted by molar-refractivity contribution is 0.0955. The molecule has 22 heavy (non-hydrogen) atoms. The molecule has 0 aromatic heterocycles. The molecule has 1 amide bonds. The molecule has 0 saturated carbocycles. The Morgan fingerprint density at radius 2 is 1.77 bits per heavy atom. The van der Waals surface area contributed by atoms with Crippen LogP contribution in [0.2, 0.25) is 0 Å². The number of nitrogens with zero attached hydrogens (tertiary/aromatic N) is 1. The Morgan fingerprint density at radius 3 is 2.41 bits per heavy atom. The summed E-state index contributed by atoms with van der Waals surface area (Å²) in [6.07, 6.45) is 4.67. The number of hydrogen-bond acceptors (Lipinski definition) is 2. The summed E-state index contributed by atoms with van der Waals surface area (Å²) < 4.78 is 0. The van der Waals surface area contributed by atoms with Crippen molar-refractivity contribution in [2.24, 2.45) is 5.10 Å². The van der Waals surface area contributed by atoms with Crippen molar-refractivity contribution in [2.45, 2.75) is 20.3 Å². The smallest absolute Gasteiger partial charge is 0.267 e. The quantitative estimate of drug-likeness (QED) is 0.651. The van der Waals surface area contributed by atoms with Crippen LogP contribution in [0.4, 0.5) is 0 Å². The molecular weight excluding hydrogens is 272 g/mol. The Kier molecular flexibility index (Phi) is 5.66. The van der Waals surface area contributed by atoms with Crippen LogP contribution in [0.1, 0.15) is 34.8 Å². The van der Waals surface area contributed by atoms with Crippen LogP contribution in [0, 0.1) is 6.92 Å². The SMILES string of the molecule is CCC(/C=C/c1ccc(C)cc1)=N/NC(=O)c1ccccc1. The molecule has 0 saturated heterocycles. The van der Waals surface area contributed by atoms with Crippen molar-refractivity contribution in [2.75, 3.05) is 0 Å². The van der Waals surface area contributed by atoms with Crippen molar-refractivity contribution in [3.63, 3.8) is 0 Å². The van der Waals surface area contributed by atoms with E-state index in [1.165, 1.54) is 5.56 Å². The number of carbonyl (C=O) groups is 1. The van der Waals surface area contributed by atoms with Gasteiger partial charge in [0.05, 0.1) is 5.71 Å². The second-order valence-corrected chi connectivity index (χ2v) is 5.01. The number of carbonyl (C=O) groups excluding carboxylic acids is 1. The number of rotatable bonds is 5. The van der Waals surface area contributed by atoms with E-state index in [4.69, 9.17) is 0 Å². The zero-order chi connectivity index (χ0) is 15.8. The molecule has 2 rings (SSSR count). The minimum Gasteiger partial charge on any atom is -0.267 e. The standard InChI is InChI=1S/C19H20N2O/c1-3-18(14-13-16-11-9-15(2)10-12-16)20-21-19(22)17-7-5-4-6-8-17/h4-14H,3H2,1-2H3,(H,21,22)/b14-13+,20-18-.